The van der Waals surface area contributed by atoms with Crippen molar-refractivity contribution >= 4 is 11.4 Å². The number of Topliss-reactive ketones (excluding diaryl/α,β-unsaturated/α-hetero) is 1. The van der Waals surface area contributed by atoms with Gasteiger partial charge in [0.05, 0.1) is 0 Å². The second-order valence-electron chi connectivity index (χ2n) is 6.70. The molecular formula is C22H30O2. The van der Waals surface area contributed by atoms with Crippen molar-refractivity contribution in [2.24, 2.45) is 0 Å². The monoisotopic (exact) mass is 326 g/mol. The Morgan fingerprint density at radius 3 is 2.38 bits per heavy atom. The van der Waals surface area contributed by atoms with Crippen LogP contribution in [0.3, 0.4) is 0 Å². The van der Waals surface area contributed by atoms with E-state index in [1.54, 1.807) is 7.11 Å². The molecule has 130 valence electrons. The summed E-state index contributed by atoms with van der Waals surface area (Å²) in [5.74, 6) is 0.126. The molecule has 1 atom stereocenters. The van der Waals surface area contributed by atoms with Crippen LogP contribution in [0.1, 0.15) is 64.9 Å². The Bertz CT molecular complexity index is 625. The van der Waals surface area contributed by atoms with E-state index in [1.807, 2.05) is 13.0 Å². The molecule has 2 rings (SSSR count). The van der Waals surface area contributed by atoms with Gasteiger partial charge in [0.2, 0.25) is 0 Å². The number of allylic oxidation sites excluding steroid dienone is 2. The van der Waals surface area contributed by atoms with Gasteiger partial charge in [-0.3, -0.25) is 4.79 Å². The molecule has 0 aromatic heterocycles. The molecule has 0 saturated heterocycles. The van der Waals surface area contributed by atoms with Gasteiger partial charge in [0.25, 0.3) is 0 Å². The summed E-state index contributed by atoms with van der Waals surface area (Å²) >= 11 is 0. The van der Waals surface area contributed by atoms with Crippen LogP contribution < -0.4 is 0 Å². The van der Waals surface area contributed by atoms with Crippen molar-refractivity contribution in [2.45, 2.75) is 64.9 Å². The second-order valence-corrected chi connectivity index (χ2v) is 6.70. The molecule has 0 spiro atoms. The molecular weight excluding hydrogens is 296 g/mol. The molecule has 1 aromatic carbocycles. The summed E-state index contributed by atoms with van der Waals surface area (Å²) in [6.07, 6.45) is 8.56. The topological polar surface area (TPSA) is 26.3 Å². The molecule has 0 amide bonds. The van der Waals surface area contributed by atoms with E-state index in [1.165, 1.54) is 16.7 Å². The highest BCUT2D eigenvalue weighted by Crippen LogP contribution is 2.42. The normalized spacial score (nSPS) is 21.2. The van der Waals surface area contributed by atoms with Crippen LogP contribution in [0.25, 0.3) is 5.57 Å². The van der Waals surface area contributed by atoms with Gasteiger partial charge in [0.1, 0.15) is 5.60 Å². The van der Waals surface area contributed by atoms with E-state index >= 15 is 0 Å². The number of unbranched alkanes of at least 4 members (excludes halogenated alkanes) is 2. The minimum atomic E-state index is -0.715. The molecule has 0 radical (unpaired) electrons. The van der Waals surface area contributed by atoms with E-state index in [2.05, 4.69) is 44.2 Å². The lowest BCUT2D eigenvalue weighted by molar-refractivity contribution is -0.135. The molecule has 2 nitrogen and oxygen atoms in total. The lowest BCUT2D eigenvalue weighted by Gasteiger charge is -2.40. The van der Waals surface area contributed by atoms with E-state index in [4.69, 9.17) is 4.74 Å². The van der Waals surface area contributed by atoms with Crippen molar-refractivity contribution in [1.82, 2.24) is 0 Å². The molecule has 1 unspecified atom stereocenters. The first-order valence-electron chi connectivity index (χ1n) is 9.18. The van der Waals surface area contributed by atoms with Crippen LogP contribution in [-0.2, 0) is 9.53 Å². The summed E-state index contributed by atoms with van der Waals surface area (Å²) in [7, 11) is 1.64. The van der Waals surface area contributed by atoms with Crippen LogP contribution >= 0.6 is 0 Å². The standard InChI is InChI=1S/C22H30O2/c1-5-7-12-18(17-13-10-9-11-14-17)16-19-20(15-8-6-2)22(3,24-4)21(19)23/h9-11,13-14,16H,5-8,12,15H2,1-4H3/b18-16+. The molecule has 0 bridgehead atoms. The van der Waals surface area contributed by atoms with Gasteiger partial charge in [-0.05, 0) is 55.4 Å². The lowest BCUT2D eigenvalue weighted by Crippen LogP contribution is -2.49. The molecule has 1 aromatic rings. The van der Waals surface area contributed by atoms with Gasteiger partial charge in [-0.15, -0.1) is 0 Å². The van der Waals surface area contributed by atoms with Gasteiger partial charge < -0.3 is 4.74 Å². The van der Waals surface area contributed by atoms with Gasteiger partial charge in [-0.2, -0.15) is 0 Å². The molecule has 1 aliphatic carbocycles. The maximum absolute atomic E-state index is 12.7. The number of methoxy groups -OCH3 is 1. The quantitative estimate of drug-likeness (QED) is 0.579. The van der Waals surface area contributed by atoms with Gasteiger partial charge in [0, 0.05) is 12.7 Å². The SMILES string of the molecule is CCCCC1=C(/C=C(\CCCC)c2ccccc2)C(=O)C1(C)OC. The van der Waals surface area contributed by atoms with Crippen molar-refractivity contribution in [2.75, 3.05) is 7.11 Å². The van der Waals surface area contributed by atoms with Gasteiger partial charge in [0.15, 0.2) is 5.78 Å². The minimum Gasteiger partial charge on any atom is -0.366 e. The summed E-state index contributed by atoms with van der Waals surface area (Å²) in [5, 5.41) is 0. The van der Waals surface area contributed by atoms with Crippen LogP contribution in [0.2, 0.25) is 0 Å². The van der Waals surface area contributed by atoms with Crippen LogP contribution in [0.5, 0.6) is 0 Å². The smallest absolute Gasteiger partial charge is 0.198 e. The zero-order chi connectivity index (χ0) is 17.6. The van der Waals surface area contributed by atoms with Crippen LogP contribution in [0.4, 0.5) is 0 Å². The Labute approximate surface area is 146 Å². The predicted octanol–water partition coefficient (Wildman–Crippen LogP) is 5.73. The zero-order valence-corrected chi connectivity index (χ0v) is 15.5. The molecule has 24 heavy (non-hydrogen) atoms. The first-order valence-corrected chi connectivity index (χ1v) is 9.18. The fourth-order valence-electron chi connectivity index (χ4n) is 3.31. The molecule has 0 heterocycles. The summed E-state index contributed by atoms with van der Waals surface area (Å²) in [6, 6.07) is 10.4. The average molecular weight is 326 g/mol. The van der Waals surface area contributed by atoms with Crippen molar-refractivity contribution < 1.29 is 9.53 Å². The van der Waals surface area contributed by atoms with E-state index in [-0.39, 0.29) is 5.78 Å². The lowest BCUT2D eigenvalue weighted by atomic mass is 9.70. The molecule has 0 fully saturated rings. The van der Waals surface area contributed by atoms with Gasteiger partial charge >= 0.3 is 0 Å². The highest BCUT2D eigenvalue weighted by Gasteiger charge is 2.48. The number of hydrogen-bond donors (Lipinski definition) is 0. The number of hydrogen-bond acceptors (Lipinski definition) is 2. The van der Waals surface area contributed by atoms with Crippen LogP contribution in [0.15, 0.2) is 47.6 Å². The van der Waals surface area contributed by atoms with E-state index in [0.29, 0.717) is 0 Å². The fraction of sp³-hybridized carbons (Fsp3) is 0.500. The highest BCUT2D eigenvalue weighted by molar-refractivity contribution is 6.15. The Balaban J connectivity index is 2.41. The fourth-order valence-corrected chi connectivity index (χ4v) is 3.31. The maximum atomic E-state index is 12.7. The Kier molecular flexibility index (Phi) is 6.56. The summed E-state index contributed by atoms with van der Waals surface area (Å²) in [5.41, 5.74) is 3.80. The molecule has 0 aliphatic heterocycles. The number of ketones is 1. The number of carbonyl (C=O) groups excluding carboxylic acids is 1. The van der Waals surface area contributed by atoms with Crippen LogP contribution in [0, 0.1) is 0 Å². The highest BCUT2D eigenvalue weighted by atomic mass is 16.5. The molecule has 2 heteroatoms. The average Bonchev–Trinajstić information content (AvgIpc) is 2.63. The van der Waals surface area contributed by atoms with Crippen molar-refractivity contribution in [3.05, 3.63) is 53.1 Å². The second kappa shape index (κ2) is 8.43. The Hall–Kier alpha value is -1.67. The molecule has 1 aliphatic rings. The summed E-state index contributed by atoms with van der Waals surface area (Å²) in [6.45, 7) is 6.29. The van der Waals surface area contributed by atoms with Gasteiger partial charge in [-0.1, -0.05) is 57.0 Å². The largest absolute Gasteiger partial charge is 0.366 e. The first-order chi connectivity index (χ1) is 11.6. The van der Waals surface area contributed by atoms with Crippen molar-refractivity contribution in [1.29, 1.82) is 0 Å². The van der Waals surface area contributed by atoms with E-state index in [0.717, 1.165) is 44.1 Å². The third kappa shape index (κ3) is 3.70. The number of ether oxygens (including phenoxy) is 1. The third-order valence-electron chi connectivity index (χ3n) is 5.03. The predicted molar refractivity (Wildman–Crippen MR) is 101 cm³/mol. The van der Waals surface area contributed by atoms with Crippen molar-refractivity contribution in [3.8, 4) is 0 Å². The van der Waals surface area contributed by atoms with Crippen LogP contribution in [-0.4, -0.2) is 18.5 Å². The number of rotatable bonds is 9. The van der Waals surface area contributed by atoms with Crippen molar-refractivity contribution in [3.63, 3.8) is 0 Å². The third-order valence-corrected chi connectivity index (χ3v) is 5.03. The Morgan fingerprint density at radius 2 is 1.79 bits per heavy atom. The van der Waals surface area contributed by atoms with E-state index in [9.17, 15) is 4.79 Å². The molecule has 0 N–H and O–H groups in total. The van der Waals surface area contributed by atoms with Gasteiger partial charge in [-0.25, -0.2) is 0 Å². The number of carbonyl (C=O) groups is 1. The maximum Gasteiger partial charge on any atom is 0.198 e. The van der Waals surface area contributed by atoms with E-state index < -0.39 is 5.60 Å². The first kappa shape index (κ1) is 18.7. The molecule has 0 saturated carbocycles. The summed E-state index contributed by atoms with van der Waals surface area (Å²) < 4.78 is 5.56. The number of benzene rings is 1. The Morgan fingerprint density at radius 1 is 1.12 bits per heavy atom. The summed E-state index contributed by atoms with van der Waals surface area (Å²) in [4.78, 5) is 12.7. The zero-order valence-electron chi connectivity index (χ0n) is 15.5. The minimum absolute atomic E-state index is 0.126.